The molecule has 1 aromatic heterocycles. The van der Waals surface area contributed by atoms with Gasteiger partial charge in [0.2, 0.25) is 0 Å². The highest BCUT2D eigenvalue weighted by Crippen LogP contribution is 2.25. The van der Waals surface area contributed by atoms with E-state index in [0.717, 1.165) is 15.8 Å². The summed E-state index contributed by atoms with van der Waals surface area (Å²) in [5.74, 6) is 0.746. The van der Waals surface area contributed by atoms with Crippen LogP contribution < -0.4 is 4.74 Å². The minimum absolute atomic E-state index is 0.375. The average molecular weight is 269 g/mol. The van der Waals surface area contributed by atoms with Crippen molar-refractivity contribution in [1.29, 1.82) is 0 Å². The van der Waals surface area contributed by atoms with Gasteiger partial charge in [0.05, 0.1) is 0 Å². The molecule has 2 aromatic rings. The second-order valence-corrected chi connectivity index (χ2v) is 4.01. The molecule has 0 spiro atoms. The van der Waals surface area contributed by atoms with Crippen LogP contribution in [-0.2, 0) is 7.05 Å². The topological polar surface area (TPSA) is 52.8 Å². The molecule has 15 heavy (non-hydrogen) atoms. The summed E-state index contributed by atoms with van der Waals surface area (Å²) in [4.78, 5) is 0. The van der Waals surface area contributed by atoms with Crippen LogP contribution in [0.2, 0.25) is 0 Å². The van der Waals surface area contributed by atoms with Crippen LogP contribution in [0.3, 0.4) is 0 Å². The summed E-state index contributed by atoms with van der Waals surface area (Å²) in [5.41, 5.74) is 1.02. The number of aromatic nitrogens is 4. The second-order valence-electron chi connectivity index (χ2n) is 3.10. The number of nitrogens with zero attached hydrogens (tertiary/aromatic N) is 4. The van der Waals surface area contributed by atoms with Crippen LogP contribution in [0.15, 0.2) is 22.7 Å². The third-order valence-corrected chi connectivity index (χ3v) is 2.41. The molecular formula is C9H9BrN4O. The molecule has 0 aliphatic heterocycles. The fourth-order valence-corrected chi connectivity index (χ4v) is 1.61. The lowest BCUT2D eigenvalue weighted by Gasteiger charge is -2.06. The summed E-state index contributed by atoms with van der Waals surface area (Å²) in [7, 11) is 1.73. The lowest BCUT2D eigenvalue weighted by Crippen LogP contribution is -1.97. The fraction of sp³-hybridized carbons (Fsp3) is 0.222. The van der Waals surface area contributed by atoms with Crippen LogP contribution >= 0.6 is 15.9 Å². The Bertz CT molecular complexity index is 483. The molecule has 2 rings (SSSR count). The molecule has 0 atom stereocenters. The van der Waals surface area contributed by atoms with Crippen LogP contribution in [0.1, 0.15) is 5.56 Å². The minimum Gasteiger partial charge on any atom is -0.423 e. The van der Waals surface area contributed by atoms with Gasteiger partial charge in [0, 0.05) is 11.5 Å². The standard InChI is InChI=1S/C9H9BrN4O/c1-6-5-7(10)3-4-8(6)15-9-11-12-13-14(9)2/h3-5H,1-2H3. The van der Waals surface area contributed by atoms with Crippen LogP contribution in [0.25, 0.3) is 0 Å². The smallest absolute Gasteiger partial charge is 0.340 e. The Labute approximate surface area is 95.2 Å². The number of aryl methyl sites for hydroxylation is 2. The summed E-state index contributed by atoms with van der Waals surface area (Å²) < 4.78 is 8.03. The Hall–Kier alpha value is -1.43. The normalized spacial score (nSPS) is 10.3. The van der Waals surface area contributed by atoms with Crippen molar-refractivity contribution in [3.63, 3.8) is 0 Å². The summed E-state index contributed by atoms with van der Waals surface area (Å²) in [6, 6.07) is 6.12. The van der Waals surface area contributed by atoms with Crippen LogP contribution in [0, 0.1) is 6.92 Å². The molecule has 0 saturated carbocycles. The van der Waals surface area contributed by atoms with E-state index < -0.39 is 0 Å². The Balaban J connectivity index is 2.29. The summed E-state index contributed by atoms with van der Waals surface area (Å²) in [6.45, 7) is 1.96. The number of benzene rings is 1. The molecule has 6 heteroatoms. The molecular weight excluding hydrogens is 260 g/mol. The molecule has 0 fully saturated rings. The van der Waals surface area contributed by atoms with E-state index in [4.69, 9.17) is 4.74 Å². The van der Waals surface area contributed by atoms with Crippen molar-refractivity contribution in [3.05, 3.63) is 28.2 Å². The van der Waals surface area contributed by atoms with Crippen LogP contribution in [0.5, 0.6) is 11.8 Å². The van der Waals surface area contributed by atoms with Gasteiger partial charge in [-0.15, -0.1) is 0 Å². The van der Waals surface area contributed by atoms with Gasteiger partial charge in [-0.3, -0.25) is 0 Å². The lowest BCUT2D eigenvalue weighted by atomic mass is 10.2. The maximum Gasteiger partial charge on any atom is 0.340 e. The first-order valence-corrected chi connectivity index (χ1v) is 5.12. The molecule has 0 bridgehead atoms. The first kappa shape index (κ1) is 10.1. The van der Waals surface area contributed by atoms with E-state index in [1.54, 1.807) is 7.05 Å². The Morgan fingerprint density at radius 1 is 1.40 bits per heavy atom. The monoisotopic (exact) mass is 268 g/mol. The van der Waals surface area contributed by atoms with Gasteiger partial charge in [-0.05, 0) is 41.1 Å². The molecule has 0 aliphatic rings. The Kier molecular flexibility index (Phi) is 2.68. The number of rotatable bonds is 2. The summed E-state index contributed by atoms with van der Waals surface area (Å²) in [6.07, 6.45) is 0. The van der Waals surface area contributed by atoms with Gasteiger partial charge < -0.3 is 4.74 Å². The number of hydrogen-bond donors (Lipinski definition) is 0. The quantitative estimate of drug-likeness (QED) is 0.837. The number of tetrazole rings is 1. The highest BCUT2D eigenvalue weighted by Gasteiger charge is 2.06. The highest BCUT2D eigenvalue weighted by atomic mass is 79.9. The van der Waals surface area contributed by atoms with Gasteiger partial charge in [0.15, 0.2) is 0 Å². The summed E-state index contributed by atoms with van der Waals surface area (Å²) >= 11 is 3.39. The first-order valence-electron chi connectivity index (χ1n) is 4.33. The maximum absolute atomic E-state index is 5.54. The van der Waals surface area contributed by atoms with Crippen molar-refractivity contribution in [3.8, 4) is 11.8 Å². The number of ether oxygens (including phenoxy) is 1. The zero-order valence-electron chi connectivity index (χ0n) is 8.31. The minimum atomic E-state index is 0.375. The molecule has 0 aliphatic carbocycles. The third-order valence-electron chi connectivity index (χ3n) is 1.92. The molecule has 1 heterocycles. The van der Waals surface area contributed by atoms with E-state index in [9.17, 15) is 0 Å². The predicted molar refractivity (Wildman–Crippen MR) is 57.8 cm³/mol. The van der Waals surface area contributed by atoms with Gasteiger partial charge in [-0.25, -0.2) is 0 Å². The molecule has 0 saturated heterocycles. The van der Waals surface area contributed by atoms with Gasteiger partial charge in [0.25, 0.3) is 0 Å². The van der Waals surface area contributed by atoms with Gasteiger partial charge in [-0.2, -0.15) is 4.68 Å². The zero-order valence-corrected chi connectivity index (χ0v) is 9.89. The molecule has 0 N–H and O–H groups in total. The lowest BCUT2D eigenvalue weighted by molar-refractivity contribution is 0.412. The van der Waals surface area contributed by atoms with E-state index in [1.807, 2.05) is 25.1 Å². The number of halogens is 1. The molecule has 1 aromatic carbocycles. The largest absolute Gasteiger partial charge is 0.423 e. The highest BCUT2D eigenvalue weighted by molar-refractivity contribution is 9.10. The second kappa shape index (κ2) is 3.98. The zero-order chi connectivity index (χ0) is 10.8. The fourth-order valence-electron chi connectivity index (χ4n) is 1.13. The molecule has 5 nitrogen and oxygen atoms in total. The van der Waals surface area contributed by atoms with Gasteiger partial charge in [-0.1, -0.05) is 21.0 Å². The predicted octanol–water partition coefficient (Wildman–Crippen LogP) is 2.07. The van der Waals surface area contributed by atoms with E-state index in [-0.39, 0.29) is 0 Å². The Morgan fingerprint density at radius 3 is 2.80 bits per heavy atom. The van der Waals surface area contributed by atoms with E-state index in [0.29, 0.717) is 6.01 Å². The molecule has 0 unspecified atom stereocenters. The molecule has 0 amide bonds. The molecule has 0 radical (unpaired) electrons. The number of hydrogen-bond acceptors (Lipinski definition) is 4. The van der Waals surface area contributed by atoms with Crippen molar-refractivity contribution in [2.24, 2.45) is 7.05 Å². The maximum atomic E-state index is 5.54. The van der Waals surface area contributed by atoms with Crippen LogP contribution in [-0.4, -0.2) is 20.2 Å². The van der Waals surface area contributed by atoms with E-state index in [1.165, 1.54) is 4.68 Å². The third kappa shape index (κ3) is 2.15. The van der Waals surface area contributed by atoms with Crippen LogP contribution in [0.4, 0.5) is 0 Å². The van der Waals surface area contributed by atoms with Crippen molar-refractivity contribution in [1.82, 2.24) is 20.2 Å². The molecule has 78 valence electrons. The van der Waals surface area contributed by atoms with E-state index in [2.05, 4.69) is 31.5 Å². The van der Waals surface area contributed by atoms with Gasteiger partial charge >= 0.3 is 6.01 Å². The van der Waals surface area contributed by atoms with Crippen molar-refractivity contribution >= 4 is 15.9 Å². The summed E-state index contributed by atoms with van der Waals surface area (Å²) in [5, 5.41) is 10.9. The first-order chi connectivity index (χ1) is 7.16. The Morgan fingerprint density at radius 2 is 2.20 bits per heavy atom. The van der Waals surface area contributed by atoms with Crippen molar-refractivity contribution < 1.29 is 4.74 Å². The average Bonchev–Trinajstić information content (AvgIpc) is 2.57. The SMILES string of the molecule is Cc1cc(Br)ccc1Oc1nnnn1C. The van der Waals surface area contributed by atoms with Gasteiger partial charge in [0.1, 0.15) is 5.75 Å². The van der Waals surface area contributed by atoms with E-state index >= 15 is 0 Å². The van der Waals surface area contributed by atoms with Crippen molar-refractivity contribution in [2.75, 3.05) is 0 Å². The van der Waals surface area contributed by atoms with Crippen molar-refractivity contribution in [2.45, 2.75) is 6.92 Å².